The Kier molecular flexibility index (Phi) is 34.7. The second-order valence-corrected chi connectivity index (χ2v) is 14.1. The molecule has 0 heterocycles. The summed E-state index contributed by atoms with van der Waals surface area (Å²) in [7, 11) is 0. The van der Waals surface area contributed by atoms with Crippen molar-refractivity contribution in [2.24, 2.45) is 5.11 Å². The first-order valence-corrected chi connectivity index (χ1v) is 20.8. The van der Waals surface area contributed by atoms with Crippen molar-refractivity contribution in [3.63, 3.8) is 0 Å². The minimum atomic E-state index is -0.914. The fraction of sp³-hybridized carbons (Fsp3) is 0.750. The third-order valence-electron chi connectivity index (χ3n) is 7.68. The van der Waals surface area contributed by atoms with E-state index in [4.69, 9.17) is 52.9 Å². The zero-order chi connectivity index (χ0) is 45.4. The van der Waals surface area contributed by atoms with Gasteiger partial charge in [-0.3, -0.25) is 14.4 Å². The van der Waals surface area contributed by atoms with E-state index in [-0.39, 0.29) is 32.8 Å². The second kappa shape index (κ2) is 38.5. The normalized spacial score (nSPS) is 11.7. The summed E-state index contributed by atoms with van der Waals surface area (Å²) in [5.74, 6) is -1.47. The van der Waals surface area contributed by atoms with E-state index in [0.717, 1.165) is 0 Å². The van der Waals surface area contributed by atoms with Gasteiger partial charge in [-0.25, -0.2) is 4.79 Å². The second-order valence-electron chi connectivity index (χ2n) is 14.1. The molecule has 22 nitrogen and oxygen atoms in total. The van der Waals surface area contributed by atoms with Gasteiger partial charge in [0.2, 0.25) is 17.7 Å². The first kappa shape index (κ1) is 55.8. The van der Waals surface area contributed by atoms with E-state index in [2.05, 4.69) is 31.3 Å². The zero-order valence-electron chi connectivity index (χ0n) is 36.6. The smallest absolute Gasteiger partial charge is 0.407 e. The molecule has 0 aliphatic rings. The van der Waals surface area contributed by atoms with Crippen molar-refractivity contribution in [2.45, 2.75) is 58.3 Å². The predicted octanol–water partition coefficient (Wildman–Crippen LogP) is 1.87. The Labute approximate surface area is 364 Å². The van der Waals surface area contributed by atoms with E-state index < -0.39 is 42.1 Å². The number of carbonyl (C=O) groups excluding carboxylic acids is 4. The highest BCUT2D eigenvalue weighted by molar-refractivity contribution is 5.97. The molecule has 0 saturated heterocycles. The highest BCUT2D eigenvalue weighted by Crippen LogP contribution is 2.12. The van der Waals surface area contributed by atoms with Crippen LogP contribution in [0.25, 0.3) is 10.4 Å². The number of anilines is 1. The molecule has 0 aromatic heterocycles. The number of nitrogens with zero attached hydrogens (tertiary/aromatic N) is 3. The lowest BCUT2D eigenvalue weighted by Crippen LogP contribution is -2.45. The van der Waals surface area contributed by atoms with Gasteiger partial charge in [0, 0.05) is 30.2 Å². The minimum absolute atomic E-state index is 0.137. The van der Waals surface area contributed by atoms with E-state index in [1.54, 1.807) is 45.0 Å². The summed E-state index contributed by atoms with van der Waals surface area (Å²) in [5, 5.41) is 23.4. The molecule has 0 bridgehead atoms. The van der Waals surface area contributed by atoms with E-state index in [9.17, 15) is 24.3 Å². The Hall–Kier alpha value is -4.19. The number of nitrogens with one attached hydrogen (secondary N) is 4. The number of rotatable bonds is 40. The van der Waals surface area contributed by atoms with Gasteiger partial charge in [-0.15, -0.1) is 0 Å². The molecule has 354 valence electrons. The third kappa shape index (κ3) is 35.4. The topological polar surface area (TPSA) is 278 Å². The molecule has 0 aliphatic carbocycles. The van der Waals surface area contributed by atoms with Gasteiger partial charge >= 0.3 is 6.09 Å². The van der Waals surface area contributed by atoms with Gasteiger partial charge in [0.1, 0.15) is 24.9 Å². The molecule has 1 rings (SSSR count). The lowest BCUT2D eigenvalue weighted by atomic mass is 10.1. The van der Waals surface area contributed by atoms with Crippen LogP contribution in [-0.2, 0) is 68.4 Å². The van der Waals surface area contributed by atoms with Crippen LogP contribution in [0.4, 0.5) is 10.5 Å². The van der Waals surface area contributed by atoms with E-state index >= 15 is 0 Å². The van der Waals surface area contributed by atoms with Crippen LogP contribution in [0.1, 0.15) is 45.6 Å². The molecule has 62 heavy (non-hydrogen) atoms. The first-order chi connectivity index (χ1) is 30.0. The fourth-order valence-electron chi connectivity index (χ4n) is 4.75. The number of benzene rings is 1. The molecular weight excluding hydrogens is 818 g/mol. The Morgan fingerprint density at radius 2 is 1.13 bits per heavy atom. The van der Waals surface area contributed by atoms with E-state index in [1.807, 2.05) is 0 Å². The van der Waals surface area contributed by atoms with Crippen molar-refractivity contribution < 1.29 is 71.7 Å². The van der Waals surface area contributed by atoms with Gasteiger partial charge in [0.15, 0.2) is 0 Å². The third-order valence-corrected chi connectivity index (χ3v) is 7.68. The molecular formula is C40H69N7O15. The Balaban J connectivity index is 2.04. The van der Waals surface area contributed by atoms with Crippen molar-refractivity contribution >= 4 is 29.5 Å². The number of hydrogen-bond donors (Lipinski definition) is 5. The lowest BCUT2D eigenvalue weighted by molar-refractivity contribution is -0.133. The van der Waals surface area contributed by atoms with Gasteiger partial charge in [0.05, 0.1) is 112 Å². The molecule has 0 spiro atoms. The molecule has 1 aromatic carbocycles. The van der Waals surface area contributed by atoms with E-state index in [1.165, 1.54) is 0 Å². The summed E-state index contributed by atoms with van der Waals surface area (Å²) in [5.41, 5.74) is 8.71. The number of amides is 4. The standard InChI is InChI=1S/C40H69N7O15/c1-40(2,3)62-39(52)43-11-5-4-6-35(38(51)45-34-9-7-33(30-48)8-10-34)46-37(50)32-61-31-36(49)42-12-14-53-16-18-55-20-22-57-24-26-59-28-29-60-27-25-58-23-21-56-19-17-54-15-13-44-47-41/h7-10,35,48H,4-6,11-32H2,1-3H3,(H,42,49)(H,43,52)(H,45,51)(H,46,50)/t35-/m0/s1. The quantitative estimate of drug-likeness (QED) is 0.0272. The van der Waals surface area contributed by atoms with Crippen LogP contribution in [0.5, 0.6) is 0 Å². The summed E-state index contributed by atoms with van der Waals surface area (Å²) in [6.45, 7) is 11.8. The van der Waals surface area contributed by atoms with Crippen molar-refractivity contribution in [3.05, 3.63) is 40.3 Å². The molecule has 1 atom stereocenters. The Bertz CT molecular complexity index is 1370. The molecule has 22 heteroatoms. The van der Waals surface area contributed by atoms with Gasteiger partial charge in [0.25, 0.3) is 0 Å². The summed E-state index contributed by atoms with van der Waals surface area (Å²) >= 11 is 0. The molecule has 1 aromatic rings. The van der Waals surface area contributed by atoms with Crippen LogP contribution in [0.3, 0.4) is 0 Å². The van der Waals surface area contributed by atoms with Crippen LogP contribution in [-0.4, -0.2) is 179 Å². The van der Waals surface area contributed by atoms with Crippen molar-refractivity contribution in [1.82, 2.24) is 16.0 Å². The summed E-state index contributed by atoms with van der Waals surface area (Å²) < 4.78 is 53.8. The van der Waals surface area contributed by atoms with Crippen molar-refractivity contribution in [3.8, 4) is 0 Å². The van der Waals surface area contributed by atoms with Gasteiger partial charge in [-0.05, 0) is 63.3 Å². The Morgan fingerprint density at radius 3 is 1.61 bits per heavy atom. The monoisotopic (exact) mass is 887 g/mol. The van der Waals surface area contributed by atoms with Crippen molar-refractivity contribution in [2.75, 3.05) is 144 Å². The number of ether oxygens (including phenoxy) is 10. The maximum Gasteiger partial charge on any atom is 0.407 e. The number of aliphatic hydroxyl groups excluding tert-OH is 1. The van der Waals surface area contributed by atoms with E-state index in [0.29, 0.717) is 136 Å². The molecule has 0 aliphatic heterocycles. The lowest BCUT2D eigenvalue weighted by Gasteiger charge is -2.20. The average Bonchev–Trinajstić information content (AvgIpc) is 3.23. The molecule has 5 N–H and O–H groups in total. The maximum atomic E-state index is 13.1. The van der Waals surface area contributed by atoms with Gasteiger partial charge in [-0.1, -0.05) is 17.2 Å². The molecule has 0 unspecified atom stereocenters. The summed E-state index contributed by atoms with van der Waals surface area (Å²) in [6, 6.07) is 5.72. The SMILES string of the molecule is CC(C)(C)OC(=O)NCCCC[C@H](NC(=O)COCC(=O)NCCOCCOCCOCCOCCOCCOCCOCCOCCN=[N+]=[N-])C(=O)Nc1ccc(CO)cc1. The highest BCUT2D eigenvalue weighted by atomic mass is 16.6. The highest BCUT2D eigenvalue weighted by Gasteiger charge is 2.21. The van der Waals surface area contributed by atoms with Crippen molar-refractivity contribution in [1.29, 1.82) is 0 Å². The Morgan fingerprint density at radius 1 is 0.645 bits per heavy atom. The van der Waals surface area contributed by atoms with Crippen LogP contribution in [0.2, 0.25) is 0 Å². The number of carbonyl (C=O) groups is 4. The van der Waals surface area contributed by atoms with Crippen LogP contribution in [0, 0.1) is 0 Å². The summed E-state index contributed by atoms with van der Waals surface area (Å²) in [6.07, 6.45) is 0.762. The molecule has 0 radical (unpaired) electrons. The fourth-order valence-corrected chi connectivity index (χ4v) is 4.75. The zero-order valence-corrected chi connectivity index (χ0v) is 36.6. The number of hydrogen-bond acceptors (Lipinski definition) is 16. The largest absolute Gasteiger partial charge is 0.444 e. The molecule has 0 saturated carbocycles. The molecule has 4 amide bonds. The summed E-state index contributed by atoms with van der Waals surface area (Å²) in [4.78, 5) is 52.5. The average molecular weight is 888 g/mol. The number of alkyl carbamates (subject to hydrolysis) is 1. The van der Waals surface area contributed by atoms with Crippen LogP contribution >= 0.6 is 0 Å². The minimum Gasteiger partial charge on any atom is -0.444 e. The number of unbranched alkanes of at least 4 members (excludes halogenated alkanes) is 1. The van der Waals surface area contributed by atoms with Crippen LogP contribution in [0.15, 0.2) is 29.4 Å². The predicted molar refractivity (Wildman–Crippen MR) is 225 cm³/mol. The van der Waals surface area contributed by atoms with Gasteiger partial charge < -0.3 is 73.7 Å². The van der Waals surface area contributed by atoms with Gasteiger partial charge in [-0.2, -0.15) is 0 Å². The number of aliphatic hydroxyl groups is 1. The number of azide groups is 1. The molecule has 0 fully saturated rings. The maximum absolute atomic E-state index is 13.1. The first-order valence-electron chi connectivity index (χ1n) is 20.8. The van der Waals surface area contributed by atoms with Crippen LogP contribution < -0.4 is 21.3 Å².